The quantitative estimate of drug-likeness (QED) is 0.167. The third kappa shape index (κ3) is 6.16. The van der Waals surface area contributed by atoms with Gasteiger partial charge in [0.1, 0.15) is 11.2 Å². The number of nitrogens with zero attached hydrogens (tertiary/aromatic N) is 3. The molecule has 64 heavy (non-hydrogen) atoms. The number of hydrogen-bond acceptors (Lipinski definition) is 5. The van der Waals surface area contributed by atoms with Gasteiger partial charge in [-0.05, 0) is 93.4 Å². The lowest BCUT2D eigenvalue weighted by atomic mass is 9.85. The fourth-order valence-electron chi connectivity index (χ4n) is 9.66. The highest BCUT2D eigenvalue weighted by molar-refractivity contribution is 7.26. The number of para-hydroxylation sites is 1. The van der Waals surface area contributed by atoms with Gasteiger partial charge in [-0.3, -0.25) is 0 Å². The zero-order valence-electron chi connectivity index (χ0n) is 34.6. The second-order valence-electron chi connectivity index (χ2n) is 16.6. The van der Waals surface area contributed by atoms with Crippen molar-refractivity contribution >= 4 is 75.9 Å². The third-order valence-corrected chi connectivity index (χ3v) is 14.1. The Hall–Kier alpha value is -7.99. The lowest BCUT2D eigenvalue weighted by Crippen LogP contribution is -2.03. The van der Waals surface area contributed by atoms with E-state index < -0.39 is 0 Å². The van der Waals surface area contributed by atoms with Gasteiger partial charge in [0.2, 0.25) is 0 Å². The molecule has 12 aromatic rings. The van der Waals surface area contributed by atoms with Crippen LogP contribution in [0.3, 0.4) is 0 Å². The number of thiophene rings is 1. The summed E-state index contributed by atoms with van der Waals surface area (Å²) in [6, 6.07) is 68.9. The minimum absolute atomic E-state index is 0.639. The van der Waals surface area contributed by atoms with E-state index in [1.807, 2.05) is 17.4 Å². The molecule has 0 fully saturated rings. The Labute approximate surface area is 373 Å². The van der Waals surface area contributed by atoms with Gasteiger partial charge in [-0.2, -0.15) is 0 Å². The van der Waals surface area contributed by atoms with Crippen LogP contribution in [0, 0.1) is 0 Å². The lowest BCUT2D eigenvalue weighted by molar-refractivity contribution is 0.670. The van der Waals surface area contributed by atoms with Crippen LogP contribution in [0.4, 0.5) is 0 Å². The zero-order chi connectivity index (χ0) is 42.1. The first-order valence-electron chi connectivity index (χ1n) is 21.8. The van der Waals surface area contributed by atoms with Crippen molar-refractivity contribution in [3.63, 3.8) is 0 Å². The second-order valence-corrected chi connectivity index (χ2v) is 17.7. The molecule has 0 amide bonds. The van der Waals surface area contributed by atoms with Crippen molar-refractivity contribution in [1.82, 2.24) is 15.0 Å². The van der Waals surface area contributed by atoms with Gasteiger partial charge in [0, 0.05) is 58.8 Å². The Kier molecular flexibility index (Phi) is 8.49. The number of fused-ring (bicyclic) bond motifs is 8. The van der Waals surface area contributed by atoms with Crippen LogP contribution in [0.5, 0.6) is 0 Å². The third-order valence-electron chi connectivity index (χ3n) is 12.8. The Morgan fingerprint density at radius 1 is 0.422 bits per heavy atom. The molecule has 0 atom stereocenters. The first kappa shape index (κ1) is 36.6. The van der Waals surface area contributed by atoms with Crippen LogP contribution in [0.2, 0.25) is 0 Å². The molecule has 0 spiro atoms. The molecule has 1 aliphatic rings. The molecule has 0 radical (unpaired) electrons. The van der Waals surface area contributed by atoms with E-state index in [2.05, 4.69) is 194 Å². The molecule has 0 saturated carbocycles. The van der Waals surface area contributed by atoms with Crippen LogP contribution in [-0.2, 0) is 6.42 Å². The molecule has 0 aliphatic heterocycles. The second kappa shape index (κ2) is 14.8. The van der Waals surface area contributed by atoms with Crippen molar-refractivity contribution in [2.24, 2.45) is 0 Å². The predicted molar refractivity (Wildman–Crippen MR) is 267 cm³/mol. The number of benzene rings is 9. The van der Waals surface area contributed by atoms with Crippen LogP contribution < -0.4 is 0 Å². The van der Waals surface area contributed by atoms with Crippen molar-refractivity contribution in [2.75, 3.05) is 0 Å². The molecule has 13 rings (SSSR count). The van der Waals surface area contributed by atoms with E-state index in [0.29, 0.717) is 17.5 Å². The van der Waals surface area contributed by atoms with Gasteiger partial charge in [0.25, 0.3) is 0 Å². The number of aryl methyl sites for hydroxylation is 1. The van der Waals surface area contributed by atoms with Gasteiger partial charge in [-0.1, -0.05) is 164 Å². The van der Waals surface area contributed by atoms with Crippen molar-refractivity contribution < 1.29 is 4.42 Å². The number of hydrogen-bond donors (Lipinski definition) is 0. The minimum Gasteiger partial charge on any atom is -0.455 e. The minimum atomic E-state index is 0.639. The normalized spacial score (nSPS) is 12.7. The first-order chi connectivity index (χ1) is 31.7. The highest BCUT2D eigenvalue weighted by atomic mass is 32.1. The average Bonchev–Trinajstić information content (AvgIpc) is 3.95. The van der Waals surface area contributed by atoms with E-state index in [0.717, 1.165) is 73.5 Å². The molecule has 3 aromatic heterocycles. The maximum atomic E-state index is 6.85. The number of furan rings is 1. The standard InChI is InChI=1S/C59H37N3OS/c1-2-12-36(13-3-1)40-16-10-17-42(32-40)57-60-58(43-28-25-37-14-4-5-15-39(37)33-43)62-59(61-57)44-29-26-38-24-27-41(34-45(38)35-44)46-30-31-48(55-54(46)51-19-6-8-22-52(51)63-55)50-21-11-20-49-47-18-7-9-23-53(47)64-56(49)50/h1-23,25-26,28-35H,24,27H2. The lowest BCUT2D eigenvalue weighted by Gasteiger charge is -2.19. The monoisotopic (exact) mass is 835 g/mol. The summed E-state index contributed by atoms with van der Waals surface area (Å²) in [5, 5.41) is 7.20. The summed E-state index contributed by atoms with van der Waals surface area (Å²) in [5.41, 5.74) is 14.2. The summed E-state index contributed by atoms with van der Waals surface area (Å²) in [7, 11) is 0. The van der Waals surface area contributed by atoms with Gasteiger partial charge < -0.3 is 4.42 Å². The number of allylic oxidation sites excluding steroid dienone is 1. The molecule has 3 heterocycles. The number of rotatable bonds is 6. The Balaban J connectivity index is 0.948. The van der Waals surface area contributed by atoms with Gasteiger partial charge >= 0.3 is 0 Å². The van der Waals surface area contributed by atoms with Crippen molar-refractivity contribution in [1.29, 1.82) is 0 Å². The molecule has 4 nitrogen and oxygen atoms in total. The average molecular weight is 836 g/mol. The smallest absolute Gasteiger partial charge is 0.164 e. The molecule has 9 aromatic carbocycles. The van der Waals surface area contributed by atoms with E-state index in [1.165, 1.54) is 53.4 Å². The zero-order valence-corrected chi connectivity index (χ0v) is 35.4. The van der Waals surface area contributed by atoms with E-state index in [1.54, 1.807) is 0 Å². The predicted octanol–water partition coefficient (Wildman–Crippen LogP) is 16.1. The maximum Gasteiger partial charge on any atom is 0.164 e. The Morgan fingerprint density at radius 2 is 1.08 bits per heavy atom. The molecule has 0 unspecified atom stereocenters. The van der Waals surface area contributed by atoms with Crippen molar-refractivity contribution in [2.45, 2.75) is 12.8 Å². The molecule has 300 valence electrons. The van der Waals surface area contributed by atoms with Crippen molar-refractivity contribution in [3.8, 4) is 56.4 Å². The van der Waals surface area contributed by atoms with Crippen LogP contribution in [0.15, 0.2) is 199 Å². The van der Waals surface area contributed by atoms with Crippen molar-refractivity contribution in [3.05, 3.63) is 211 Å². The van der Waals surface area contributed by atoms with Gasteiger partial charge in [-0.15, -0.1) is 11.3 Å². The maximum absolute atomic E-state index is 6.85. The first-order valence-corrected chi connectivity index (χ1v) is 22.6. The van der Waals surface area contributed by atoms with Crippen LogP contribution in [0.25, 0.3) is 121 Å². The number of aromatic nitrogens is 3. The van der Waals surface area contributed by atoms with Crippen LogP contribution in [0.1, 0.15) is 23.1 Å². The van der Waals surface area contributed by atoms with Gasteiger partial charge in [0.05, 0.1) is 0 Å². The highest BCUT2D eigenvalue weighted by Gasteiger charge is 2.23. The Bertz CT molecular complexity index is 3860. The largest absolute Gasteiger partial charge is 0.455 e. The molecule has 0 saturated heterocycles. The van der Waals surface area contributed by atoms with E-state index in [9.17, 15) is 0 Å². The summed E-state index contributed by atoms with van der Waals surface area (Å²) >= 11 is 1.85. The Morgan fingerprint density at radius 3 is 1.95 bits per heavy atom. The summed E-state index contributed by atoms with van der Waals surface area (Å²) in [5.74, 6) is 1.93. The van der Waals surface area contributed by atoms with Gasteiger partial charge in [-0.25, -0.2) is 15.0 Å². The molecular formula is C59H37N3OS. The van der Waals surface area contributed by atoms with Crippen LogP contribution in [-0.4, -0.2) is 15.0 Å². The summed E-state index contributed by atoms with van der Waals surface area (Å²) in [6.07, 6.45) is 4.23. The van der Waals surface area contributed by atoms with Gasteiger partial charge in [0.15, 0.2) is 17.5 Å². The van der Waals surface area contributed by atoms with E-state index in [-0.39, 0.29) is 0 Å². The van der Waals surface area contributed by atoms with E-state index >= 15 is 0 Å². The van der Waals surface area contributed by atoms with E-state index in [4.69, 9.17) is 19.4 Å². The van der Waals surface area contributed by atoms with Crippen LogP contribution >= 0.6 is 11.3 Å². The molecular weight excluding hydrogens is 799 g/mol. The molecule has 1 aliphatic carbocycles. The SMILES string of the molecule is C1=C(c2ccc(-c3cccc4c3sc3ccccc34)c3oc4ccccc4c23)CCc2ccc(-c3nc(-c4cccc(-c5ccccc5)c4)nc(-c4ccc5ccccc5c4)n3)cc21. The molecule has 5 heteroatoms. The summed E-state index contributed by atoms with van der Waals surface area (Å²) < 4.78 is 9.42. The molecule has 0 N–H and O–H groups in total. The summed E-state index contributed by atoms with van der Waals surface area (Å²) in [6.45, 7) is 0. The topological polar surface area (TPSA) is 51.8 Å². The fraction of sp³-hybridized carbons (Fsp3) is 0.0339. The molecule has 0 bridgehead atoms. The summed E-state index contributed by atoms with van der Waals surface area (Å²) in [4.78, 5) is 15.6. The highest BCUT2D eigenvalue weighted by Crippen LogP contribution is 2.46. The fourth-order valence-corrected chi connectivity index (χ4v) is 10.9.